The molecule has 1 unspecified atom stereocenters. The van der Waals surface area contributed by atoms with Crippen LogP contribution in [0.1, 0.15) is 31.2 Å². The molecule has 5 heteroatoms. The van der Waals surface area contributed by atoms with E-state index in [4.69, 9.17) is 22.7 Å². The topological polar surface area (TPSA) is 58.7 Å². The van der Waals surface area contributed by atoms with Crippen molar-refractivity contribution < 1.29 is 9.84 Å². The lowest BCUT2D eigenvalue weighted by molar-refractivity contribution is 0.0693. The molecule has 2 rings (SSSR count). The minimum Gasteiger partial charge on any atom is -0.490 e. The molecule has 1 heterocycles. The summed E-state index contributed by atoms with van der Waals surface area (Å²) >= 11 is 5.00. The van der Waals surface area contributed by atoms with Crippen molar-refractivity contribution >= 4 is 17.2 Å². The first kappa shape index (κ1) is 16.2. The van der Waals surface area contributed by atoms with Crippen LogP contribution in [-0.2, 0) is 0 Å². The predicted molar refractivity (Wildman–Crippen MR) is 88.7 cm³/mol. The van der Waals surface area contributed by atoms with Crippen molar-refractivity contribution in [1.29, 1.82) is 0 Å². The van der Waals surface area contributed by atoms with Crippen LogP contribution in [0.4, 0.5) is 0 Å². The summed E-state index contributed by atoms with van der Waals surface area (Å²) in [4.78, 5) is 2.63. The number of β-amino-alcohol motifs (C(OH)–C–C–N with tert-alkyl or cyclic N) is 1. The molecule has 0 saturated carbocycles. The van der Waals surface area contributed by atoms with Crippen LogP contribution in [-0.4, -0.2) is 47.3 Å². The average Bonchev–Trinajstić information content (AvgIpc) is 2.74. The van der Waals surface area contributed by atoms with E-state index >= 15 is 0 Å². The Balaban J connectivity index is 1.83. The Labute approximate surface area is 131 Å². The number of benzene rings is 1. The molecule has 0 spiro atoms. The Kier molecular flexibility index (Phi) is 6.42. The lowest BCUT2D eigenvalue weighted by Gasteiger charge is -2.23. The van der Waals surface area contributed by atoms with Gasteiger partial charge in [-0.05, 0) is 38.1 Å². The molecule has 116 valence electrons. The van der Waals surface area contributed by atoms with Gasteiger partial charge in [0.25, 0.3) is 0 Å². The van der Waals surface area contributed by atoms with Gasteiger partial charge in [0.15, 0.2) is 0 Å². The third-order valence-corrected chi connectivity index (χ3v) is 3.97. The van der Waals surface area contributed by atoms with E-state index < -0.39 is 6.10 Å². The highest BCUT2D eigenvalue weighted by molar-refractivity contribution is 7.80. The molecule has 3 N–H and O–H groups in total. The summed E-state index contributed by atoms with van der Waals surface area (Å²) in [5.74, 6) is 0.639. The molecule has 1 atom stereocenters. The zero-order valence-electron chi connectivity index (χ0n) is 12.3. The van der Waals surface area contributed by atoms with E-state index in [2.05, 4.69) is 4.90 Å². The van der Waals surface area contributed by atoms with Gasteiger partial charge in [-0.1, -0.05) is 37.2 Å². The summed E-state index contributed by atoms with van der Waals surface area (Å²) in [6.07, 6.45) is 4.53. The Morgan fingerprint density at radius 1 is 1.24 bits per heavy atom. The van der Waals surface area contributed by atoms with Gasteiger partial charge in [0.2, 0.25) is 0 Å². The van der Waals surface area contributed by atoms with E-state index in [1.807, 2.05) is 24.3 Å². The van der Waals surface area contributed by atoms with Gasteiger partial charge in [0.1, 0.15) is 23.4 Å². The number of nitrogens with two attached hydrogens (primary N) is 1. The minimum absolute atomic E-state index is 0.260. The molecule has 1 aliphatic rings. The molecule has 1 aromatic carbocycles. The normalized spacial score (nSPS) is 18.0. The van der Waals surface area contributed by atoms with E-state index in [9.17, 15) is 5.11 Å². The molecule has 1 saturated heterocycles. The van der Waals surface area contributed by atoms with E-state index in [1.165, 1.54) is 25.7 Å². The standard InChI is InChI=1S/C16H24N2O2S/c17-16(21)14-7-3-4-8-15(14)20-12-13(19)11-18-9-5-1-2-6-10-18/h3-4,7-8,13,19H,1-2,5-6,9-12H2,(H2,17,21). The molecule has 21 heavy (non-hydrogen) atoms. The second kappa shape index (κ2) is 8.32. The maximum atomic E-state index is 10.2. The first-order chi connectivity index (χ1) is 10.2. The van der Waals surface area contributed by atoms with E-state index in [1.54, 1.807) is 0 Å². The third kappa shape index (κ3) is 5.26. The molecule has 1 aromatic rings. The summed E-state index contributed by atoms with van der Waals surface area (Å²) in [5.41, 5.74) is 6.39. The van der Waals surface area contributed by atoms with Crippen LogP contribution in [0.3, 0.4) is 0 Å². The van der Waals surface area contributed by atoms with E-state index in [0.717, 1.165) is 18.7 Å². The lowest BCUT2D eigenvalue weighted by Crippen LogP contribution is -2.36. The number of aliphatic hydroxyl groups excluding tert-OH is 1. The summed E-state index contributed by atoms with van der Waals surface area (Å²) < 4.78 is 5.69. The summed E-state index contributed by atoms with van der Waals surface area (Å²) in [7, 11) is 0. The summed E-state index contributed by atoms with van der Waals surface area (Å²) in [6.45, 7) is 3.06. The molecule has 0 aromatic heterocycles. The van der Waals surface area contributed by atoms with Gasteiger partial charge < -0.3 is 20.5 Å². The van der Waals surface area contributed by atoms with Crippen LogP contribution in [0.2, 0.25) is 0 Å². The monoisotopic (exact) mass is 308 g/mol. The number of para-hydroxylation sites is 1. The molecule has 1 aliphatic heterocycles. The molecular formula is C16H24N2O2S. The van der Waals surface area contributed by atoms with Crippen molar-refractivity contribution in [1.82, 2.24) is 4.90 Å². The van der Waals surface area contributed by atoms with Gasteiger partial charge in [-0.2, -0.15) is 0 Å². The van der Waals surface area contributed by atoms with Crippen LogP contribution in [0.15, 0.2) is 24.3 Å². The largest absolute Gasteiger partial charge is 0.490 e. The molecule has 0 radical (unpaired) electrons. The minimum atomic E-state index is -0.498. The first-order valence-corrected chi connectivity index (χ1v) is 7.99. The Morgan fingerprint density at radius 3 is 2.57 bits per heavy atom. The van der Waals surface area contributed by atoms with Crippen molar-refractivity contribution in [3.8, 4) is 5.75 Å². The number of thiocarbonyl (C=S) groups is 1. The highest BCUT2D eigenvalue weighted by Gasteiger charge is 2.15. The first-order valence-electron chi connectivity index (χ1n) is 7.59. The van der Waals surface area contributed by atoms with Gasteiger partial charge in [-0.3, -0.25) is 0 Å². The van der Waals surface area contributed by atoms with Crippen LogP contribution in [0.5, 0.6) is 5.75 Å². The highest BCUT2D eigenvalue weighted by Crippen LogP contribution is 2.18. The smallest absolute Gasteiger partial charge is 0.129 e. The molecule has 1 fully saturated rings. The quantitative estimate of drug-likeness (QED) is 0.787. The maximum Gasteiger partial charge on any atom is 0.129 e. The number of hydrogen-bond acceptors (Lipinski definition) is 4. The fourth-order valence-electron chi connectivity index (χ4n) is 2.65. The van der Waals surface area contributed by atoms with E-state index in [-0.39, 0.29) is 6.61 Å². The third-order valence-electron chi connectivity index (χ3n) is 3.75. The molecular weight excluding hydrogens is 284 g/mol. The summed E-state index contributed by atoms with van der Waals surface area (Å²) in [6, 6.07) is 7.40. The number of hydrogen-bond donors (Lipinski definition) is 2. The van der Waals surface area contributed by atoms with Crippen LogP contribution < -0.4 is 10.5 Å². The van der Waals surface area contributed by atoms with Gasteiger partial charge >= 0.3 is 0 Å². The van der Waals surface area contributed by atoms with E-state index in [0.29, 0.717) is 17.3 Å². The van der Waals surface area contributed by atoms with Crippen molar-refractivity contribution in [2.75, 3.05) is 26.2 Å². The average molecular weight is 308 g/mol. The van der Waals surface area contributed by atoms with Crippen LogP contribution in [0.25, 0.3) is 0 Å². The Hall–Kier alpha value is -1.17. The number of nitrogens with zero attached hydrogens (tertiary/aromatic N) is 1. The summed E-state index contributed by atoms with van der Waals surface area (Å²) in [5, 5.41) is 10.2. The molecule has 4 nitrogen and oxygen atoms in total. The zero-order valence-corrected chi connectivity index (χ0v) is 13.1. The molecule has 0 amide bonds. The molecule has 0 bridgehead atoms. The number of likely N-dealkylation sites (tertiary alicyclic amines) is 1. The second-order valence-corrected chi connectivity index (χ2v) is 5.98. The SMILES string of the molecule is NC(=S)c1ccccc1OCC(O)CN1CCCCCC1. The predicted octanol–water partition coefficient (Wildman–Crippen LogP) is 1.94. The van der Waals surface area contributed by atoms with Crippen LogP contribution in [0, 0.1) is 0 Å². The van der Waals surface area contributed by atoms with Crippen LogP contribution >= 0.6 is 12.2 Å². The Morgan fingerprint density at radius 2 is 1.90 bits per heavy atom. The number of rotatable bonds is 6. The highest BCUT2D eigenvalue weighted by atomic mass is 32.1. The van der Waals surface area contributed by atoms with Gasteiger partial charge in [0, 0.05) is 6.54 Å². The number of aliphatic hydroxyl groups is 1. The van der Waals surface area contributed by atoms with Crippen molar-refractivity contribution in [2.24, 2.45) is 5.73 Å². The Bertz CT molecular complexity index is 459. The van der Waals surface area contributed by atoms with Gasteiger partial charge in [0.05, 0.1) is 5.56 Å². The van der Waals surface area contributed by atoms with Crippen molar-refractivity contribution in [3.05, 3.63) is 29.8 Å². The maximum absolute atomic E-state index is 10.2. The zero-order chi connectivity index (χ0) is 15.1. The van der Waals surface area contributed by atoms with Gasteiger partial charge in [-0.15, -0.1) is 0 Å². The van der Waals surface area contributed by atoms with Crippen molar-refractivity contribution in [3.63, 3.8) is 0 Å². The van der Waals surface area contributed by atoms with Crippen molar-refractivity contribution in [2.45, 2.75) is 31.8 Å². The fourth-order valence-corrected chi connectivity index (χ4v) is 2.82. The fraction of sp³-hybridized carbons (Fsp3) is 0.562. The number of ether oxygens (including phenoxy) is 1. The lowest BCUT2D eigenvalue weighted by atomic mass is 10.2. The molecule has 0 aliphatic carbocycles. The second-order valence-electron chi connectivity index (χ2n) is 5.54. The van der Waals surface area contributed by atoms with Gasteiger partial charge in [-0.25, -0.2) is 0 Å².